The van der Waals surface area contributed by atoms with Gasteiger partial charge in [-0.15, -0.1) is 0 Å². The van der Waals surface area contributed by atoms with Gasteiger partial charge in [-0.3, -0.25) is 9.59 Å². The van der Waals surface area contributed by atoms with Crippen molar-refractivity contribution in [1.29, 1.82) is 0 Å². The van der Waals surface area contributed by atoms with E-state index in [9.17, 15) is 9.59 Å². The quantitative estimate of drug-likeness (QED) is 0.713. The first kappa shape index (κ1) is 14.3. The van der Waals surface area contributed by atoms with Crippen LogP contribution >= 0.6 is 0 Å². The lowest BCUT2D eigenvalue weighted by Gasteiger charge is -2.41. The summed E-state index contributed by atoms with van der Waals surface area (Å²) in [5, 5.41) is 0. The van der Waals surface area contributed by atoms with E-state index in [1.54, 1.807) is 11.8 Å². The minimum atomic E-state index is -0.867. The Morgan fingerprint density at radius 2 is 1.63 bits per heavy atom. The maximum Gasteiger partial charge on any atom is 0.256 e. The summed E-state index contributed by atoms with van der Waals surface area (Å²) in [6.07, 6.45) is 4.53. The highest BCUT2D eigenvalue weighted by molar-refractivity contribution is 5.86. The van der Waals surface area contributed by atoms with Crippen molar-refractivity contribution in [1.82, 2.24) is 9.80 Å². The first-order valence-electron chi connectivity index (χ1n) is 7.22. The third-order valence-electron chi connectivity index (χ3n) is 4.07. The van der Waals surface area contributed by atoms with Crippen LogP contribution in [0.1, 0.15) is 39.5 Å². The van der Waals surface area contributed by atoms with Gasteiger partial charge in [-0.2, -0.15) is 0 Å². The SMILES string of the molecule is CC(=O)N1CCO[C@@](C)(C(=O)N2CCCCCC2)C1. The minimum Gasteiger partial charge on any atom is -0.362 e. The molecule has 5 nitrogen and oxygen atoms in total. The number of nitrogens with zero attached hydrogens (tertiary/aromatic N) is 2. The Balaban J connectivity index is 2.05. The normalized spacial score (nSPS) is 28.9. The third kappa shape index (κ3) is 3.26. The van der Waals surface area contributed by atoms with Crippen LogP contribution in [0.4, 0.5) is 0 Å². The maximum atomic E-state index is 12.7. The molecule has 0 aromatic rings. The number of amides is 2. The predicted octanol–water partition coefficient (Wildman–Crippen LogP) is 1.03. The van der Waals surface area contributed by atoms with E-state index in [4.69, 9.17) is 4.74 Å². The summed E-state index contributed by atoms with van der Waals surface area (Å²) in [7, 11) is 0. The van der Waals surface area contributed by atoms with Crippen molar-refractivity contribution in [3.63, 3.8) is 0 Å². The second-order valence-electron chi connectivity index (χ2n) is 5.73. The summed E-state index contributed by atoms with van der Waals surface area (Å²) in [4.78, 5) is 27.8. The molecule has 2 fully saturated rings. The molecule has 2 heterocycles. The summed E-state index contributed by atoms with van der Waals surface area (Å²) < 4.78 is 5.72. The highest BCUT2D eigenvalue weighted by atomic mass is 16.5. The largest absolute Gasteiger partial charge is 0.362 e. The van der Waals surface area contributed by atoms with Crippen molar-refractivity contribution in [2.75, 3.05) is 32.8 Å². The molecular weight excluding hydrogens is 244 g/mol. The molecular formula is C14H24N2O3. The molecule has 0 spiro atoms. The van der Waals surface area contributed by atoms with Gasteiger partial charge in [-0.05, 0) is 19.8 Å². The number of morpholine rings is 1. The Morgan fingerprint density at radius 3 is 2.21 bits per heavy atom. The van der Waals surface area contributed by atoms with E-state index in [0.717, 1.165) is 25.9 Å². The fourth-order valence-electron chi connectivity index (χ4n) is 2.88. The highest BCUT2D eigenvalue weighted by Crippen LogP contribution is 2.22. The zero-order chi connectivity index (χ0) is 13.9. The molecule has 0 aromatic carbocycles. The molecule has 2 aliphatic heterocycles. The van der Waals surface area contributed by atoms with Gasteiger partial charge >= 0.3 is 0 Å². The summed E-state index contributed by atoms with van der Waals surface area (Å²) in [5.74, 6) is 0.0542. The van der Waals surface area contributed by atoms with Crippen LogP contribution < -0.4 is 0 Å². The van der Waals surface area contributed by atoms with E-state index in [0.29, 0.717) is 19.7 Å². The van der Waals surface area contributed by atoms with Gasteiger partial charge in [0.2, 0.25) is 5.91 Å². The Labute approximate surface area is 114 Å². The zero-order valence-corrected chi connectivity index (χ0v) is 12.0. The summed E-state index contributed by atoms with van der Waals surface area (Å²) >= 11 is 0. The van der Waals surface area contributed by atoms with E-state index in [1.165, 1.54) is 12.8 Å². The fourth-order valence-corrected chi connectivity index (χ4v) is 2.88. The second-order valence-corrected chi connectivity index (χ2v) is 5.73. The number of rotatable bonds is 1. The number of likely N-dealkylation sites (tertiary alicyclic amines) is 1. The summed E-state index contributed by atoms with van der Waals surface area (Å²) in [5.41, 5.74) is -0.867. The smallest absolute Gasteiger partial charge is 0.256 e. The molecule has 0 N–H and O–H groups in total. The van der Waals surface area contributed by atoms with Crippen LogP contribution in [-0.2, 0) is 14.3 Å². The molecule has 1 atom stereocenters. The van der Waals surface area contributed by atoms with Gasteiger partial charge in [0.25, 0.3) is 5.91 Å². The highest BCUT2D eigenvalue weighted by Gasteiger charge is 2.42. The first-order chi connectivity index (χ1) is 9.03. The molecule has 0 bridgehead atoms. The summed E-state index contributed by atoms with van der Waals surface area (Å²) in [6, 6.07) is 0. The van der Waals surface area contributed by atoms with E-state index < -0.39 is 5.60 Å². The van der Waals surface area contributed by atoms with Gasteiger partial charge in [0.15, 0.2) is 5.60 Å². The molecule has 2 amide bonds. The van der Waals surface area contributed by atoms with Crippen LogP contribution in [0.5, 0.6) is 0 Å². The fraction of sp³-hybridized carbons (Fsp3) is 0.857. The molecule has 0 radical (unpaired) electrons. The van der Waals surface area contributed by atoms with Crippen LogP contribution in [0.25, 0.3) is 0 Å². The lowest BCUT2D eigenvalue weighted by atomic mass is 10.0. The van der Waals surface area contributed by atoms with Crippen LogP contribution in [-0.4, -0.2) is 60.0 Å². The van der Waals surface area contributed by atoms with Crippen LogP contribution in [0.15, 0.2) is 0 Å². The number of carbonyl (C=O) groups is 2. The molecule has 2 rings (SSSR count). The van der Waals surface area contributed by atoms with Gasteiger partial charge in [-0.25, -0.2) is 0 Å². The second kappa shape index (κ2) is 5.90. The minimum absolute atomic E-state index is 0.0122. The molecule has 108 valence electrons. The van der Waals surface area contributed by atoms with Crippen molar-refractivity contribution in [2.24, 2.45) is 0 Å². The number of ether oxygens (including phenoxy) is 1. The van der Waals surface area contributed by atoms with E-state index in [1.807, 2.05) is 11.8 Å². The topological polar surface area (TPSA) is 49.9 Å². The summed E-state index contributed by atoms with van der Waals surface area (Å²) in [6.45, 7) is 6.39. The molecule has 2 saturated heterocycles. The van der Waals surface area contributed by atoms with Crippen molar-refractivity contribution in [2.45, 2.75) is 45.1 Å². The van der Waals surface area contributed by atoms with Crippen LogP contribution in [0.3, 0.4) is 0 Å². The Hall–Kier alpha value is -1.10. The van der Waals surface area contributed by atoms with Crippen molar-refractivity contribution in [3.8, 4) is 0 Å². The third-order valence-corrected chi connectivity index (χ3v) is 4.07. The number of hydrogen-bond acceptors (Lipinski definition) is 3. The molecule has 5 heteroatoms. The number of carbonyl (C=O) groups excluding carboxylic acids is 2. The standard InChI is InChI=1S/C14H24N2O3/c1-12(17)16-9-10-19-14(2,11-16)13(18)15-7-5-3-4-6-8-15/h3-11H2,1-2H3/t14-/m1/s1. The number of hydrogen-bond donors (Lipinski definition) is 0. The Morgan fingerprint density at radius 1 is 1.00 bits per heavy atom. The van der Waals surface area contributed by atoms with Gasteiger partial charge < -0.3 is 14.5 Å². The lowest BCUT2D eigenvalue weighted by molar-refractivity contribution is -0.170. The monoisotopic (exact) mass is 268 g/mol. The maximum absolute atomic E-state index is 12.7. The molecule has 2 aliphatic rings. The van der Waals surface area contributed by atoms with Crippen LogP contribution in [0.2, 0.25) is 0 Å². The van der Waals surface area contributed by atoms with Crippen molar-refractivity contribution >= 4 is 11.8 Å². The van der Waals surface area contributed by atoms with Crippen molar-refractivity contribution < 1.29 is 14.3 Å². The molecule has 0 saturated carbocycles. The van der Waals surface area contributed by atoms with Gasteiger partial charge in [0.1, 0.15) is 0 Å². The van der Waals surface area contributed by atoms with E-state index in [-0.39, 0.29) is 11.8 Å². The predicted molar refractivity (Wildman–Crippen MR) is 71.7 cm³/mol. The average Bonchev–Trinajstić information content (AvgIpc) is 2.66. The van der Waals surface area contributed by atoms with E-state index in [2.05, 4.69) is 0 Å². The first-order valence-corrected chi connectivity index (χ1v) is 7.22. The zero-order valence-electron chi connectivity index (χ0n) is 12.0. The van der Waals surface area contributed by atoms with Gasteiger partial charge in [-0.1, -0.05) is 12.8 Å². The molecule has 0 aliphatic carbocycles. The Kier molecular flexibility index (Phi) is 4.45. The van der Waals surface area contributed by atoms with Crippen LogP contribution in [0, 0.1) is 0 Å². The van der Waals surface area contributed by atoms with E-state index >= 15 is 0 Å². The van der Waals surface area contributed by atoms with Gasteiger partial charge in [0, 0.05) is 26.6 Å². The lowest BCUT2D eigenvalue weighted by Crippen LogP contribution is -2.59. The molecule has 19 heavy (non-hydrogen) atoms. The van der Waals surface area contributed by atoms with Crippen molar-refractivity contribution in [3.05, 3.63) is 0 Å². The van der Waals surface area contributed by atoms with Gasteiger partial charge in [0.05, 0.1) is 13.2 Å². The molecule has 0 aromatic heterocycles. The molecule has 0 unspecified atom stereocenters. The average molecular weight is 268 g/mol. The Bertz CT molecular complexity index is 351.